The predicted octanol–water partition coefficient (Wildman–Crippen LogP) is 3.10. The molecule has 2 rings (SSSR count). The van der Waals surface area contributed by atoms with Crippen LogP contribution in [0.1, 0.15) is 44.2 Å². The van der Waals surface area contributed by atoms with E-state index in [9.17, 15) is 0 Å². The van der Waals surface area contributed by atoms with Crippen molar-refractivity contribution in [3.63, 3.8) is 0 Å². The maximum atomic E-state index is 9.00. The van der Waals surface area contributed by atoms with Crippen molar-refractivity contribution in [3.8, 4) is 0 Å². The summed E-state index contributed by atoms with van der Waals surface area (Å²) in [7, 11) is 0. The van der Waals surface area contributed by atoms with Crippen molar-refractivity contribution >= 4 is 11.5 Å². The number of benzene rings is 1. The molecular formula is C16H25N3O. The van der Waals surface area contributed by atoms with Crippen LogP contribution in [0.4, 0.5) is 5.69 Å². The average Bonchev–Trinajstić information content (AvgIpc) is 3.23. The molecule has 0 aliphatic heterocycles. The molecule has 0 atom stereocenters. The van der Waals surface area contributed by atoms with Crippen LogP contribution >= 0.6 is 0 Å². The van der Waals surface area contributed by atoms with Gasteiger partial charge in [0.25, 0.3) is 0 Å². The number of hydrogen-bond acceptors (Lipinski definition) is 3. The summed E-state index contributed by atoms with van der Waals surface area (Å²) < 4.78 is 0. The summed E-state index contributed by atoms with van der Waals surface area (Å²) >= 11 is 0. The van der Waals surface area contributed by atoms with Crippen LogP contribution < -0.4 is 10.6 Å². The quantitative estimate of drug-likeness (QED) is 0.363. The number of hydrogen-bond donors (Lipinski definition) is 2. The molecule has 0 radical (unpaired) electrons. The molecule has 1 aliphatic rings. The monoisotopic (exact) mass is 275 g/mol. The molecule has 0 aromatic heterocycles. The van der Waals surface area contributed by atoms with Crippen molar-refractivity contribution < 1.29 is 5.21 Å². The number of amidine groups is 1. The Balaban J connectivity index is 2.32. The van der Waals surface area contributed by atoms with Gasteiger partial charge in [-0.1, -0.05) is 30.6 Å². The number of anilines is 1. The lowest BCUT2D eigenvalue weighted by molar-refractivity contribution is 0.318. The van der Waals surface area contributed by atoms with E-state index in [1.165, 1.54) is 12.8 Å². The van der Waals surface area contributed by atoms with Gasteiger partial charge in [0, 0.05) is 23.8 Å². The Morgan fingerprint density at radius 3 is 2.70 bits per heavy atom. The topological polar surface area (TPSA) is 61.8 Å². The van der Waals surface area contributed by atoms with Crippen molar-refractivity contribution in [2.45, 2.75) is 46.1 Å². The van der Waals surface area contributed by atoms with E-state index in [4.69, 9.17) is 10.9 Å². The standard InChI is InChI=1S/C16H25N3O/c1-11(2)8-9-19(13-5-6-13)15-7-4-12(3)10-14(15)16(17)18-20/h4,7,10-11,13,20H,5-6,8-9H2,1-3H3,(H2,17,18). The van der Waals surface area contributed by atoms with Gasteiger partial charge in [0.1, 0.15) is 0 Å². The Bertz CT molecular complexity index is 492. The zero-order valence-corrected chi connectivity index (χ0v) is 12.6. The van der Waals surface area contributed by atoms with E-state index in [0.29, 0.717) is 12.0 Å². The highest BCUT2D eigenvalue weighted by Gasteiger charge is 2.30. The first kappa shape index (κ1) is 14.7. The van der Waals surface area contributed by atoms with Gasteiger partial charge >= 0.3 is 0 Å². The van der Waals surface area contributed by atoms with Crippen LogP contribution in [0.15, 0.2) is 23.4 Å². The SMILES string of the molecule is Cc1ccc(N(CCC(C)C)C2CC2)c(/C(N)=N/O)c1. The fourth-order valence-corrected chi connectivity index (χ4v) is 2.44. The second-order valence-electron chi connectivity index (χ2n) is 6.11. The second kappa shape index (κ2) is 6.16. The van der Waals surface area contributed by atoms with Crippen molar-refractivity contribution in [3.05, 3.63) is 29.3 Å². The van der Waals surface area contributed by atoms with Crippen LogP contribution in [0.2, 0.25) is 0 Å². The van der Waals surface area contributed by atoms with Gasteiger partial charge in [-0.2, -0.15) is 0 Å². The molecule has 20 heavy (non-hydrogen) atoms. The minimum absolute atomic E-state index is 0.193. The molecule has 0 bridgehead atoms. The zero-order valence-electron chi connectivity index (χ0n) is 12.6. The molecule has 1 saturated carbocycles. The van der Waals surface area contributed by atoms with Gasteiger partial charge in [-0.25, -0.2) is 0 Å². The van der Waals surface area contributed by atoms with Crippen LogP contribution in [0, 0.1) is 12.8 Å². The van der Waals surface area contributed by atoms with Crippen LogP contribution in [0.3, 0.4) is 0 Å². The summed E-state index contributed by atoms with van der Waals surface area (Å²) in [5.74, 6) is 0.868. The molecule has 0 unspecified atom stereocenters. The molecule has 3 N–H and O–H groups in total. The molecule has 1 aromatic carbocycles. The molecule has 0 spiro atoms. The molecule has 1 aliphatic carbocycles. The number of aryl methyl sites for hydroxylation is 1. The van der Waals surface area contributed by atoms with Gasteiger partial charge in [0.2, 0.25) is 0 Å². The lowest BCUT2D eigenvalue weighted by atomic mass is 10.1. The van der Waals surface area contributed by atoms with Gasteiger partial charge in [0.15, 0.2) is 5.84 Å². The highest BCUT2D eigenvalue weighted by Crippen LogP contribution is 2.34. The van der Waals surface area contributed by atoms with Crippen LogP contribution in [-0.2, 0) is 0 Å². The molecule has 4 heteroatoms. The van der Waals surface area contributed by atoms with E-state index in [1.807, 2.05) is 13.0 Å². The molecule has 0 saturated heterocycles. The van der Waals surface area contributed by atoms with E-state index in [1.54, 1.807) is 0 Å². The van der Waals surface area contributed by atoms with Crippen molar-refractivity contribution in [2.24, 2.45) is 16.8 Å². The fraction of sp³-hybridized carbons (Fsp3) is 0.562. The van der Waals surface area contributed by atoms with Gasteiger partial charge < -0.3 is 15.8 Å². The summed E-state index contributed by atoms with van der Waals surface area (Å²) in [5.41, 5.74) is 8.90. The third-order valence-corrected chi connectivity index (χ3v) is 3.78. The average molecular weight is 275 g/mol. The Morgan fingerprint density at radius 1 is 1.45 bits per heavy atom. The van der Waals surface area contributed by atoms with E-state index >= 15 is 0 Å². The molecule has 4 nitrogen and oxygen atoms in total. The zero-order chi connectivity index (χ0) is 14.7. The van der Waals surface area contributed by atoms with Crippen molar-refractivity contribution in [2.75, 3.05) is 11.4 Å². The molecule has 1 fully saturated rings. The Labute approximate surface area is 121 Å². The number of nitrogens with two attached hydrogens (primary N) is 1. The van der Waals surface area contributed by atoms with Gasteiger partial charge in [-0.15, -0.1) is 0 Å². The summed E-state index contributed by atoms with van der Waals surface area (Å²) in [4.78, 5) is 2.42. The third kappa shape index (κ3) is 3.44. The van der Waals surface area contributed by atoms with E-state index in [2.05, 4.69) is 36.0 Å². The Kier molecular flexibility index (Phi) is 4.53. The third-order valence-electron chi connectivity index (χ3n) is 3.78. The van der Waals surface area contributed by atoms with Crippen molar-refractivity contribution in [1.29, 1.82) is 0 Å². The lowest BCUT2D eigenvalue weighted by Crippen LogP contribution is -2.30. The first-order valence-electron chi connectivity index (χ1n) is 7.38. The highest BCUT2D eigenvalue weighted by atomic mass is 16.4. The number of rotatable bonds is 6. The van der Waals surface area contributed by atoms with Crippen LogP contribution in [0.25, 0.3) is 0 Å². The molecule has 0 amide bonds. The second-order valence-corrected chi connectivity index (χ2v) is 6.11. The van der Waals surface area contributed by atoms with Crippen LogP contribution in [-0.4, -0.2) is 23.6 Å². The first-order chi connectivity index (χ1) is 9.52. The summed E-state index contributed by atoms with van der Waals surface area (Å²) in [6.45, 7) is 7.53. The number of oxime groups is 1. The minimum atomic E-state index is 0.193. The maximum Gasteiger partial charge on any atom is 0.172 e. The van der Waals surface area contributed by atoms with Gasteiger partial charge in [0.05, 0.1) is 0 Å². The maximum absolute atomic E-state index is 9.00. The largest absolute Gasteiger partial charge is 0.409 e. The Hall–Kier alpha value is -1.71. The van der Waals surface area contributed by atoms with E-state index in [0.717, 1.165) is 29.8 Å². The minimum Gasteiger partial charge on any atom is -0.409 e. The molecular weight excluding hydrogens is 250 g/mol. The summed E-state index contributed by atoms with van der Waals surface area (Å²) in [6.07, 6.45) is 3.63. The van der Waals surface area contributed by atoms with Gasteiger partial charge in [-0.05, 0) is 44.2 Å². The fourth-order valence-electron chi connectivity index (χ4n) is 2.44. The van der Waals surface area contributed by atoms with Crippen molar-refractivity contribution in [1.82, 2.24) is 0 Å². The first-order valence-corrected chi connectivity index (χ1v) is 7.38. The molecule has 1 aromatic rings. The van der Waals surface area contributed by atoms with Gasteiger partial charge in [-0.3, -0.25) is 0 Å². The summed E-state index contributed by atoms with van der Waals surface area (Å²) in [5, 5.41) is 12.2. The predicted molar refractivity (Wildman–Crippen MR) is 83.5 cm³/mol. The number of nitrogens with zero attached hydrogens (tertiary/aromatic N) is 2. The lowest BCUT2D eigenvalue weighted by Gasteiger charge is -2.28. The molecule has 0 heterocycles. The highest BCUT2D eigenvalue weighted by molar-refractivity contribution is 6.02. The smallest absolute Gasteiger partial charge is 0.172 e. The molecule has 110 valence electrons. The normalized spacial score (nSPS) is 15.7. The van der Waals surface area contributed by atoms with E-state index < -0.39 is 0 Å². The van der Waals surface area contributed by atoms with E-state index in [-0.39, 0.29) is 5.84 Å². The van der Waals surface area contributed by atoms with Crippen LogP contribution in [0.5, 0.6) is 0 Å². The Morgan fingerprint density at radius 2 is 2.15 bits per heavy atom. The summed E-state index contributed by atoms with van der Waals surface area (Å²) in [6, 6.07) is 6.80.